The largest absolute Gasteiger partial charge is 0.461 e. The molecule has 1 saturated carbocycles. The van der Waals surface area contributed by atoms with E-state index in [2.05, 4.69) is 13.8 Å². The summed E-state index contributed by atoms with van der Waals surface area (Å²) in [7, 11) is 0. The zero-order valence-electron chi connectivity index (χ0n) is 15.8. The van der Waals surface area contributed by atoms with Gasteiger partial charge in [-0.15, -0.1) is 0 Å². The maximum Gasteiger partial charge on any atom is 0.331 e. The van der Waals surface area contributed by atoms with Crippen molar-refractivity contribution in [2.24, 2.45) is 17.3 Å². The number of furan rings is 1. The maximum absolute atomic E-state index is 13.0. The first-order valence-corrected chi connectivity index (χ1v) is 9.30. The number of rotatable bonds is 3. The van der Waals surface area contributed by atoms with Crippen LogP contribution in [0.1, 0.15) is 81.2 Å². The van der Waals surface area contributed by atoms with Crippen LogP contribution in [0, 0.1) is 24.2 Å². The molecule has 136 valence electrons. The van der Waals surface area contributed by atoms with E-state index in [4.69, 9.17) is 9.15 Å². The number of ether oxygens (including phenoxy) is 1. The Morgan fingerprint density at radius 3 is 2.84 bits per heavy atom. The Morgan fingerprint density at radius 2 is 2.16 bits per heavy atom. The highest BCUT2D eigenvalue weighted by Gasteiger charge is 2.58. The smallest absolute Gasteiger partial charge is 0.331 e. The molecule has 0 aliphatic heterocycles. The molecule has 4 nitrogen and oxygen atoms in total. The van der Waals surface area contributed by atoms with Gasteiger partial charge in [0.05, 0.1) is 6.26 Å². The standard InChI is InChI=1S/C21H28O4/c1-6-12(2)10-16(22)25-20-17-13(3)11-24-19(17)18(23)15-9-7-8-14(4)21(15,20)5/h10-11,14-15,20H,6-9H2,1-5H3/b12-10+/t14-,15-,20+,21+/m0/s1. The number of hydrogen-bond acceptors (Lipinski definition) is 4. The van der Waals surface area contributed by atoms with Gasteiger partial charge in [-0.3, -0.25) is 4.79 Å². The van der Waals surface area contributed by atoms with Crippen LogP contribution < -0.4 is 0 Å². The van der Waals surface area contributed by atoms with Crippen molar-refractivity contribution in [1.82, 2.24) is 0 Å². The molecule has 0 radical (unpaired) electrons. The summed E-state index contributed by atoms with van der Waals surface area (Å²) in [5, 5.41) is 0. The Kier molecular flexibility index (Phi) is 4.65. The number of allylic oxidation sites excluding steroid dienone is 1. The average molecular weight is 344 g/mol. The highest BCUT2D eigenvalue weighted by atomic mass is 16.5. The van der Waals surface area contributed by atoms with Crippen LogP contribution in [0.2, 0.25) is 0 Å². The molecule has 3 rings (SSSR count). The van der Waals surface area contributed by atoms with Gasteiger partial charge >= 0.3 is 5.97 Å². The predicted octanol–water partition coefficient (Wildman–Crippen LogP) is 5.17. The molecule has 0 amide bonds. The lowest BCUT2D eigenvalue weighted by Crippen LogP contribution is -2.50. The van der Waals surface area contributed by atoms with E-state index in [-0.39, 0.29) is 23.1 Å². The summed E-state index contributed by atoms with van der Waals surface area (Å²) in [5.41, 5.74) is 2.25. The monoisotopic (exact) mass is 344 g/mol. The molecule has 1 aromatic rings. The number of hydrogen-bond donors (Lipinski definition) is 0. The Labute approximate surface area is 149 Å². The van der Waals surface area contributed by atoms with E-state index in [0.29, 0.717) is 11.7 Å². The van der Waals surface area contributed by atoms with Crippen LogP contribution >= 0.6 is 0 Å². The molecule has 0 N–H and O–H groups in total. The third-order valence-electron chi connectivity index (χ3n) is 6.49. The third kappa shape index (κ3) is 2.76. The summed E-state index contributed by atoms with van der Waals surface area (Å²) < 4.78 is 11.6. The molecular formula is C21H28O4. The molecule has 4 heteroatoms. The van der Waals surface area contributed by atoms with E-state index in [1.165, 1.54) is 0 Å². The molecule has 2 aliphatic rings. The first kappa shape index (κ1) is 18.0. The van der Waals surface area contributed by atoms with Gasteiger partial charge in [0.1, 0.15) is 6.10 Å². The molecule has 1 heterocycles. The molecular weight excluding hydrogens is 316 g/mol. The van der Waals surface area contributed by atoms with Gasteiger partial charge in [0, 0.05) is 23.0 Å². The van der Waals surface area contributed by atoms with E-state index in [9.17, 15) is 9.59 Å². The number of aryl methyl sites for hydroxylation is 1. The normalized spacial score (nSPS) is 32.1. The molecule has 2 aliphatic carbocycles. The van der Waals surface area contributed by atoms with Crippen LogP contribution in [0.25, 0.3) is 0 Å². The van der Waals surface area contributed by atoms with Gasteiger partial charge in [-0.2, -0.15) is 0 Å². The van der Waals surface area contributed by atoms with Crippen molar-refractivity contribution in [3.8, 4) is 0 Å². The van der Waals surface area contributed by atoms with E-state index < -0.39 is 6.10 Å². The lowest BCUT2D eigenvalue weighted by Gasteiger charge is -2.51. The lowest BCUT2D eigenvalue weighted by molar-refractivity contribution is -0.160. The molecule has 25 heavy (non-hydrogen) atoms. The predicted molar refractivity (Wildman–Crippen MR) is 95.3 cm³/mol. The first-order valence-electron chi connectivity index (χ1n) is 9.30. The highest BCUT2D eigenvalue weighted by Crippen LogP contribution is 2.59. The number of carbonyl (C=O) groups is 2. The van der Waals surface area contributed by atoms with Crippen LogP contribution in [0.4, 0.5) is 0 Å². The molecule has 0 aromatic carbocycles. The van der Waals surface area contributed by atoms with Crippen molar-refractivity contribution in [3.63, 3.8) is 0 Å². The molecule has 0 unspecified atom stereocenters. The van der Waals surface area contributed by atoms with Gasteiger partial charge in [-0.05, 0) is 44.6 Å². The summed E-state index contributed by atoms with van der Waals surface area (Å²) in [4.78, 5) is 25.5. The number of fused-ring (bicyclic) bond motifs is 2. The second-order valence-electron chi connectivity index (χ2n) is 7.94. The topological polar surface area (TPSA) is 56.5 Å². The fourth-order valence-electron chi connectivity index (χ4n) is 4.53. The van der Waals surface area contributed by atoms with Crippen LogP contribution in [-0.4, -0.2) is 11.8 Å². The summed E-state index contributed by atoms with van der Waals surface area (Å²) >= 11 is 0. The zero-order valence-corrected chi connectivity index (χ0v) is 15.8. The first-order chi connectivity index (χ1) is 11.8. The van der Waals surface area contributed by atoms with Crippen molar-refractivity contribution in [2.75, 3.05) is 0 Å². The van der Waals surface area contributed by atoms with Gasteiger partial charge in [-0.1, -0.05) is 32.8 Å². The third-order valence-corrected chi connectivity index (χ3v) is 6.49. The van der Waals surface area contributed by atoms with Crippen LogP contribution in [0.5, 0.6) is 0 Å². The summed E-state index contributed by atoms with van der Waals surface area (Å²) in [6.07, 6.45) is 6.45. The fraction of sp³-hybridized carbons (Fsp3) is 0.619. The SMILES string of the molecule is CC/C(C)=C/C(=O)O[C@@H]1c2c(C)coc2C(=O)[C@@H]2CCC[C@H](C)[C@@]12C. The number of Topliss-reactive ketones (excluding diaryl/α,β-unsaturated/α-hetero) is 1. The minimum atomic E-state index is -0.437. The Balaban J connectivity index is 2.08. The molecule has 0 spiro atoms. The number of esters is 1. The maximum atomic E-state index is 13.0. The van der Waals surface area contributed by atoms with Gasteiger partial charge in [0.2, 0.25) is 5.78 Å². The minimum absolute atomic E-state index is 0.0738. The molecule has 4 atom stereocenters. The highest BCUT2D eigenvalue weighted by molar-refractivity contribution is 5.99. The van der Waals surface area contributed by atoms with E-state index in [1.54, 1.807) is 12.3 Å². The van der Waals surface area contributed by atoms with Crippen molar-refractivity contribution in [2.45, 2.75) is 66.4 Å². The van der Waals surface area contributed by atoms with Gasteiger partial charge in [-0.25, -0.2) is 4.79 Å². The molecule has 1 aromatic heterocycles. The lowest BCUT2D eigenvalue weighted by atomic mass is 9.54. The van der Waals surface area contributed by atoms with E-state index >= 15 is 0 Å². The van der Waals surface area contributed by atoms with Crippen LogP contribution in [0.15, 0.2) is 22.3 Å². The average Bonchev–Trinajstić information content (AvgIpc) is 2.95. The quantitative estimate of drug-likeness (QED) is 0.561. The second kappa shape index (κ2) is 6.47. The van der Waals surface area contributed by atoms with Gasteiger partial charge in [0.15, 0.2) is 5.76 Å². The Hall–Kier alpha value is -1.84. The summed E-state index contributed by atoms with van der Waals surface area (Å²) in [6.45, 7) is 10.1. The van der Waals surface area contributed by atoms with Crippen LogP contribution in [0.3, 0.4) is 0 Å². The fourth-order valence-corrected chi connectivity index (χ4v) is 4.53. The Morgan fingerprint density at radius 1 is 1.44 bits per heavy atom. The molecule has 0 saturated heterocycles. The van der Waals surface area contributed by atoms with Crippen molar-refractivity contribution in [1.29, 1.82) is 0 Å². The van der Waals surface area contributed by atoms with Crippen molar-refractivity contribution < 1.29 is 18.7 Å². The van der Waals surface area contributed by atoms with Crippen LogP contribution in [-0.2, 0) is 9.53 Å². The van der Waals surface area contributed by atoms with E-state index in [1.807, 2.05) is 20.8 Å². The zero-order chi connectivity index (χ0) is 18.4. The van der Waals surface area contributed by atoms with Crippen molar-refractivity contribution in [3.05, 3.63) is 34.8 Å². The molecule has 1 fully saturated rings. The Bertz CT molecular complexity index is 726. The number of carbonyl (C=O) groups excluding carboxylic acids is 2. The summed E-state index contributed by atoms with van der Waals surface area (Å²) in [5.74, 6) is 0.283. The summed E-state index contributed by atoms with van der Waals surface area (Å²) in [6, 6.07) is 0. The van der Waals surface area contributed by atoms with E-state index in [0.717, 1.165) is 42.4 Å². The molecule has 0 bridgehead atoms. The second-order valence-corrected chi connectivity index (χ2v) is 7.94. The van der Waals surface area contributed by atoms with Crippen molar-refractivity contribution >= 4 is 11.8 Å². The number of ketones is 1. The van der Waals surface area contributed by atoms with Gasteiger partial charge in [0.25, 0.3) is 0 Å². The minimum Gasteiger partial charge on any atom is -0.461 e. The van der Waals surface area contributed by atoms with Gasteiger partial charge < -0.3 is 9.15 Å².